The van der Waals surface area contributed by atoms with Crippen LogP contribution < -0.4 is 0 Å². The van der Waals surface area contributed by atoms with Crippen LogP contribution in [0.15, 0.2) is 125 Å². The zero-order valence-corrected chi connectivity index (χ0v) is 22.6. The Morgan fingerprint density at radius 2 is 1.28 bits per heavy atom. The average molecular weight is 533 g/mol. The Balaban J connectivity index is 1.53. The molecule has 39 heavy (non-hydrogen) atoms. The van der Waals surface area contributed by atoms with Gasteiger partial charge in [0.15, 0.2) is 0 Å². The molecule has 0 bridgehead atoms. The molecule has 1 aliphatic heterocycles. The normalized spacial score (nSPS) is 15.4. The van der Waals surface area contributed by atoms with Gasteiger partial charge in [-0.05, 0) is 43.7 Å². The molecule has 1 aromatic heterocycles. The van der Waals surface area contributed by atoms with Crippen molar-refractivity contribution < 1.29 is 8.42 Å². The Labute approximate surface area is 228 Å². The van der Waals surface area contributed by atoms with Crippen molar-refractivity contribution in [3.8, 4) is 16.9 Å². The third kappa shape index (κ3) is 4.77. The maximum Gasteiger partial charge on any atom is 0.279 e. The zero-order chi connectivity index (χ0) is 27.0. The van der Waals surface area contributed by atoms with Gasteiger partial charge in [-0.25, -0.2) is 4.68 Å². The van der Waals surface area contributed by atoms with Crippen molar-refractivity contribution in [1.29, 1.82) is 0 Å². The maximum absolute atomic E-state index is 14.0. The van der Waals surface area contributed by atoms with E-state index in [9.17, 15) is 8.42 Å². The first-order valence-electron chi connectivity index (χ1n) is 12.9. The van der Waals surface area contributed by atoms with Crippen molar-refractivity contribution in [2.75, 3.05) is 0 Å². The Bertz CT molecular complexity index is 1740. The molecule has 1 unspecified atom stereocenters. The second-order valence-corrected chi connectivity index (χ2v) is 11.6. The van der Waals surface area contributed by atoms with Gasteiger partial charge in [0.05, 0.1) is 28.0 Å². The average Bonchev–Trinajstić information content (AvgIpc) is 3.61. The van der Waals surface area contributed by atoms with Crippen LogP contribution in [0, 0.1) is 13.8 Å². The van der Waals surface area contributed by atoms with Crippen LogP contribution in [0.3, 0.4) is 0 Å². The number of hydrogen-bond donors (Lipinski definition) is 0. The zero-order valence-electron chi connectivity index (χ0n) is 21.8. The summed E-state index contributed by atoms with van der Waals surface area (Å²) in [6.45, 7) is 4.07. The van der Waals surface area contributed by atoms with Gasteiger partial charge in [-0.15, -0.1) is 0 Å². The highest BCUT2D eigenvalue weighted by molar-refractivity contribution is 7.89. The van der Waals surface area contributed by atoms with E-state index in [2.05, 4.69) is 0 Å². The summed E-state index contributed by atoms with van der Waals surface area (Å²) in [6.07, 6.45) is 2.37. The van der Waals surface area contributed by atoms with Crippen LogP contribution in [0.1, 0.15) is 34.7 Å². The van der Waals surface area contributed by atoms with Crippen LogP contribution in [0.25, 0.3) is 16.9 Å². The smallest absolute Gasteiger partial charge is 0.240 e. The van der Waals surface area contributed by atoms with E-state index in [1.807, 2.05) is 104 Å². The number of nitrogens with zero attached hydrogens (tertiary/aromatic N) is 4. The highest BCUT2D eigenvalue weighted by Gasteiger charge is 2.40. The van der Waals surface area contributed by atoms with E-state index in [-0.39, 0.29) is 4.90 Å². The van der Waals surface area contributed by atoms with Crippen molar-refractivity contribution in [1.82, 2.24) is 14.2 Å². The predicted molar refractivity (Wildman–Crippen MR) is 154 cm³/mol. The number of para-hydroxylation sites is 1. The summed E-state index contributed by atoms with van der Waals surface area (Å²) < 4.78 is 31.1. The molecule has 0 amide bonds. The first-order valence-corrected chi connectivity index (χ1v) is 14.3. The lowest BCUT2D eigenvalue weighted by Gasteiger charge is -2.23. The molecule has 1 atom stereocenters. The molecule has 6 nitrogen and oxygen atoms in total. The van der Waals surface area contributed by atoms with Gasteiger partial charge < -0.3 is 0 Å². The van der Waals surface area contributed by atoms with Crippen LogP contribution >= 0.6 is 0 Å². The topological polar surface area (TPSA) is 67.6 Å². The van der Waals surface area contributed by atoms with E-state index in [4.69, 9.17) is 10.2 Å². The third-order valence-electron chi connectivity index (χ3n) is 6.99. The standard InChI is InChI=1S/C32H28N4O2S/c1-23-13-17-25(18-14-23)30-21-31(36(33-30)39(37,38)28-11-7-4-8-12-28)29-22-35(27-9-5-3-6-10-27)34-32(29)26-19-15-24(2)16-20-26/h3-20,22,31H,21H2,1-2H3. The highest BCUT2D eigenvalue weighted by Crippen LogP contribution is 2.41. The van der Waals surface area contributed by atoms with Crippen LogP contribution in [-0.4, -0.2) is 28.3 Å². The molecule has 0 aliphatic carbocycles. The molecule has 0 spiro atoms. The molecule has 0 saturated carbocycles. The maximum atomic E-state index is 14.0. The molecule has 5 aromatic rings. The van der Waals surface area contributed by atoms with E-state index in [1.165, 1.54) is 4.41 Å². The fraction of sp³-hybridized carbons (Fsp3) is 0.125. The third-order valence-corrected chi connectivity index (χ3v) is 8.69. The molecule has 194 valence electrons. The van der Waals surface area contributed by atoms with Crippen LogP contribution in [0.5, 0.6) is 0 Å². The van der Waals surface area contributed by atoms with Gasteiger partial charge in [0.2, 0.25) is 0 Å². The SMILES string of the molecule is Cc1ccc(C2=NN(S(=O)(=O)c3ccccc3)C(c3cn(-c4ccccc4)nc3-c3ccc(C)cc3)C2)cc1. The van der Waals surface area contributed by atoms with E-state index in [0.717, 1.165) is 44.9 Å². The van der Waals surface area contributed by atoms with Crippen molar-refractivity contribution in [2.45, 2.75) is 31.2 Å². The summed E-state index contributed by atoms with van der Waals surface area (Å²) in [5.41, 5.74) is 7.25. The molecule has 2 heterocycles. The van der Waals surface area contributed by atoms with Crippen molar-refractivity contribution in [3.63, 3.8) is 0 Å². The number of aromatic nitrogens is 2. The lowest BCUT2D eigenvalue weighted by atomic mass is 9.96. The lowest BCUT2D eigenvalue weighted by Crippen LogP contribution is -2.27. The number of rotatable bonds is 6. The minimum Gasteiger partial charge on any atom is -0.240 e. The Hall–Kier alpha value is -4.49. The molecular weight excluding hydrogens is 504 g/mol. The quantitative estimate of drug-likeness (QED) is 0.245. The minimum atomic E-state index is -3.94. The van der Waals surface area contributed by atoms with Gasteiger partial charge in [-0.3, -0.25) is 0 Å². The van der Waals surface area contributed by atoms with Crippen LogP contribution in [0.4, 0.5) is 0 Å². The van der Waals surface area contributed by atoms with E-state index >= 15 is 0 Å². The van der Waals surface area contributed by atoms with Crippen LogP contribution in [0.2, 0.25) is 0 Å². The summed E-state index contributed by atoms with van der Waals surface area (Å²) in [5, 5.41) is 9.72. The number of aryl methyl sites for hydroxylation is 2. The second kappa shape index (κ2) is 10.0. The van der Waals surface area contributed by atoms with Gasteiger partial charge in [0.1, 0.15) is 0 Å². The fourth-order valence-electron chi connectivity index (χ4n) is 4.84. The predicted octanol–water partition coefficient (Wildman–Crippen LogP) is 6.70. The molecule has 0 fully saturated rings. The highest BCUT2D eigenvalue weighted by atomic mass is 32.2. The first kappa shape index (κ1) is 24.8. The van der Waals surface area contributed by atoms with E-state index in [1.54, 1.807) is 30.3 Å². The summed E-state index contributed by atoms with van der Waals surface area (Å²) in [4.78, 5) is 0.205. The summed E-state index contributed by atoms with van der Waals surface area (Å²) in [6, 6.07) is 34.0. The van der Waals surface area contributed by atoms with Crippen molar-refractivity contribution in [2.24, 2.45) is 5.10 Å². The van der Waals surface area contributed by atoms with Crippen molar-refractivity contribution in [3.05, 3.63) is 138 Å². The summed E-state index contributed by atoms with van der Waals surface area (Å²) in [5.74, 6) is 0. The molecule has 7 heteroatoms. The Morgan fingerprint density at radius 1 is 0.718 bits per heavy atom. The molecule has 4 aromatic carbocycles. The van der Waals surface area contributed by atoms with Crippen LogP contribution in [-0.2, 0) is 10.0 Å². The minimum absolute atomic E-state index is 0.205. The van der Waals surface area contributed by atoms with E-state index in [0.29, 0.717) is 6.42 Å². The lowest BCUT2D eigenvalue weighted by molar-refractivity contribution is 0.372. The molecule has 0 radical (unpaired) electrons. The van der Waals surface area contributed by atoms with Crippen molar-refractivity contribution >= 4 is 15.7 Å². The largest absolute Gasteiger partial charge is 0.279 e. The van der Waals surface area contributed by atoms with Gasteiger partial charge >= 0.3 is 0 Å². The monoisotopic (exact) mass is 532 g/mol. The number of sulfonamides is 1. The summed E-state index contributed by atoms with van der Waals surface area (Å²) >= 11 is 0. The van der Waals surface area contributed by atoms with E-state index < -0.39 is 16.1 Å². The summed E-state index contributed by atoms with van der Waals surface area (Å²) in [7, 11) is -3.94. The Kier molecular flexibility index (Phi) is 6.37. The van der Waals surface area contributed by atoms with Gasteiger partial charge in [0, 0.05) is 23.7 Å². The van der Waals surface area contributed by atoms with Gasteiger partial charge in [-0.1, -0.05) is 96.1 Å². The number of hydrogen-bond acceptors (Lipinski definition) is 4. The second-order valence-electron chi connectivity index (χ2n) is 9.80. The fourth-order valence-corrected chi connectivity index (χ4v) is 6.29. The number of hydrazone groups is 1. The van der Waals surface area contributed by atoms with Gasteiger partial charge in [-0.2, -0.15) is 23.0 Å². The number of benzene rings is 4. The Morgan fingerprint density at radius 3 is 1.90 bits per heavy atom. The molecule has 1 aliphatic rings. The molecule has 0 saturated heterocycles. The van der Waals surface area contributed by atoms with Gasteiger partial charge in [0.25, 0.3) is 10.0 Å². The molecular formula is C32H28N4O2S. The molecule has 0 N–H and O–H groups in total. The first-order chi connectivity index (χ1) is 18.9. The molecule has 6 rings (SSSR count).